The van der Waals surface area contributed by atoms with Gasteiger partial charge in [-0.15, -0.1) is 0 Å². The van der Waals surface area contributed by atoms with Crippen LogP contribution in [0.5, 0.6) is 0 Å². The maximum absolute atomic E-state index is 11.8. The second-order valence-electron chi connectivity index (χ2n) is 5.10. The average Bonchev–Trinajstić information content (AvgIpc) is 2.85. The highest BCUT2D eigenvalue weighted by Crippen LogP contribution is 2.29. The van der Waals surface area contributed by atoms with Crippen molar-refractivity contribution in [2.45, 2.75) is 13.8 Å². The van der Waals surface area contributed by atoms with Crippen LogP contribution < -0.4 is 5.32 Å². The van der Waals surface area contributed by atoms with Crippen molar-refractivity contribution in [3.8, 4) is 5.69 Å². The Balaban J connectivity index is 2.25. The third-order valence-corrected chi connectivity index (χ3v) is 3.95. The largest absolute Gasteiger partial charge is 0.355 e. The number of amides is 1. The molecule has 3 aromatic rings. The van der Waals surface area contributed by atoms with Crippen molar-refractivity contribution in [3.05, 3.63) is 52.3 Å². The Morgan fingerprint density at radius 1 is 1.23 bits per heavy atom. The fraction of sp³-hybridized carbons (Fsp3) is 0.188. The summed E-state index contributed by atoms with van der Waals surface area (Å²) in [7, 11) is 1.56. The summed E-state index contributed by atoms with van der Waals surface area (Å²) in [6.45, 7) is 3.88. The van der Waals surface area contributed by atoms with Gasteiger partial charge in [-0.1, -0.05) is 29.3 Å². The first-order chi connectivity index (χ1) is 10.5. The summed E-state index contributed by atoms with van der Waals surface area (Å²) in [5.74, 6) is -0.262. The van der Waals surface area contributed by atoms with Crippen molar-refractivity contribution in [3.63, 3.8) is 0 Å². The van der Waals surface area contributed by atoms with E-state index in [0.717, 1.165) is 11.4 Å². The lowest BCUT2D eigenvalue weighted by atomic mass is 10.2. The molecule has 5 nitrogen and oxygen atoms in total. The van der Waals surface area contributed by atoms with E-state index < -0.39 is 0 Å². The van der Waals surface area contributed by atoms with Crippen molar-refractivity contribution < 1.29 is 4.79 Å². The van der Waals surface area contributed by atoms with E-state index in [1.165, 1.54) is 11.8 Å². The molecule has 22 heavy (non-hydrogen) atoms. The maximum Gasteiger partial charge on any atom is 0.254 e. The number of nitrogens with zero attached hydrogens (tertiary/aromatic N) is 3. The summed E-state index contributed by atoms with van der Waals surface area (Å²) >= 11 is 6.39. The van der Waals surface area contributed by atoms with Crippen LogP contribution in [-0.4, -0.2) is 27.7 Å². The molecule has 0 aliphatic heterocycles. The molecule has 0 aliphatic carbocycles. The number of pyridine rings is 1. The number of aryl methyl sites for hydroxylation is 2. The fourth-order valence-corrected chi connectivity index (χ4v) is 2.72. The van der Waals surface area contributed by atoms with Crippen LogP contribution in [0.1, 0.15) is 21.6 Å². The molecule has 1 N–H and O–H groups in total. The highest BCUT2D eigenvalue weighted by atomic mass is 35.5. The van der Waals surface area contributed by atoms with Gasteiger partial charge in [-0.05, 0) is 26.0 Å². The molecule has 0 spiro atoms. The zero-order valence-electron chi connectivity index (χ0n) is 12.5. The van der Waals surface area contributed by atoms with Crippen LogP contribution in [0, 0.1) is 13.8 Å². The lowest BCUT2D eigenvalue weighted by molar-refractivity contribution is 0.0963. The summed E-state index contributed by atoms with van der Waals surface area (Å²) in [4.78, 5) is 16.2. The predicted molar refractivity (Wildman–Crippen MR) is 86.7 cm³/mol. The third-order valence-electron chi connectivity index (χ3n) is 3.56. The van der Waals surface area contributed by atoms with Gasteiger partial charge in [-0.2, -0.15) is 5.10 Å². The number of carbonyl (C=O) groups excluding carboxylic acids is 1. The molecule has 0 unspecified atom stereocenters. The number of halogens is 1. The Morgan fingerprint density at radius 2 is 1.91 bits per heavy atom. The Labute approximate surface area is 132 Å². The predicted octanol–water partition coefficient (Wildman–Crippen LogP) is 3.05. The second kappa shape index (κ2) is 5.42. The summed E-state index contributed by atoms with van der Waals surface area (Å²) in [5.41, 5.74) is 3.80. The molecule has 0 radical (unpaired) electrons. The molecule has 112 valence electrons. The summed E-state index contributed by atoms with van der Waals surface area (Å²) in [5, 5.41) is 8.15. The Kier molecular flexibility index (Phi) is 3.58. The molecule has 0 aliphatic rings. The summed E-state index contributed by atoms with van der Waals surface area (Å²) in [6, 6.07) is 7.98. The number of benzene rings is 1. The quantitative estimate of drug-likeness (QED) is 0.791. The van der Waals surface area contributed by atoms with Crippen LogP contribution in [0.4, 0.5) is 0 Å². The number of hydrogen-bond donors (Lipinski definition) is 1. The minimum atomic E-state index is -0.262. The first kappa shape index (κ1) is 14.5. The van der Waals surface area contributed by atoms with Crippen molar-refractivity contribution >= 4 is 28.5 Å². The molecule has 0 saturated carbocycles. The number of carbonyl (C=O) groups is 1. The lowest BCUT2D eigenvalue weighted by Gasteiger charge is -2.06. The normalized spacial score (nSPS) is 10.9. The molecular formula is C16H15ClN4O. The highest BCUT2D eigenvalue weighted by molar-refractivity contribution is 6.38. The molecule has 2 aromatic heterocycles. The minimum absolute atomic E-state index is 0.262. The second-order valence-corrected chi connectivity index (χ2v) is 5.47. The molecule has 0 bridgehead atoms. The Bertz CT molecular complexity index is 868. The molecule has 2 heterocycles. The van der Waals surface area contributed by atoms with Crippen LogP contribution in [0.15, 0.2) is 30.5 Å². The average molecular weight is 315 g/mol. The van der Waals surface area contributed by atoms with E-state index in [1.54, 1.807) is 11.7 Å². The molecule has 0 fully saturated rings. The van der Waals surface area contributed by atoms with Crippen LogP contribution in [0.25, 0.3) is 16.7 Å². The third kappa shape index (κ3) is 2.23. The van der Waals surface area contributed by atoms with Gasteiger partial charge in [-0.3, -0.25) is 4.79 Å². The van der Waals surface area contributed by atoms with Crippen molar-refractivity contribution in [2.24, 2.45) is 0 Å². The highest BCUT2D eigenvalue weighted by Gasteiger charge is 2.19. The van der Waals surface area contributed by atoms with E-state index >= 15 is 0 Å². The van der Waals surface area contributed by atoms with E-state index in [4.69, 9.17) is 11.6 Å². The fourth-order valence-electron chi connectivity index (χ4n) is 2.37. The van der Waals surface area contributed by atoms with E-state index in [1.807, 2.05) is 38.1 Å². The molecule has 3 rings (SSSR count). The standard InChI is InChI=1S/C16H15ClN4O/c1-9-4-6-11(7-5-9)21-15-13(10(2)20-21)14(17)12(8-19-15)16(22)18-3/h4-8H,1-3H3,(H,18,22). The van der Waals surface area contributed by atoms with E-state index in [2.05, 4.69) is 15.4 Å². The number of aromatic nitrogens is 3. The van der Waals surface area contributed by atoms with E-state index in [9.17, 15) is 4.79 Å². The van der Waals surface area contributed by atoms with Crippen LogP contribution in [0.2, 0.25) is 5.02 Å². The van der Waals surface area contributed by atoms with Crippen molar-refractivity contribution in [1.82, 2.24) is 20.1 Å². The van der Waals surface area contributed by atoms with Gasteiger partial charge >= 0.3 is 0 Å². The Hall–Kier alpha value is -2.40. The topological polar surface area (TPSA) is 59.8 Å². The molecule has 1 aromatic carbocycles. The molecule has 6 heteroatoms. The zero-order valence-corrected chi connectivity index (χ0v) is 13.3. The summed E-state index contributed by atoms with van der Waals surface area (Å²) < 4.78 is 1.74. The number of rotatable bonds is 2. The monoisotopic (exact) mass is 314 g/mol. The zero-order chi connectivity index (χ0) is 15.9. The Morgan fingerprint density at radius 3 is 2.55 bits per heavy atom. The van der Waals surface area contributed by atoms with Gasteiger partial charge in [-0.25, -0.2) is 9.67 Å². The van der Waals surface area contributed by atoms with E-state index in [-0.39, 0.29) is 5.91 Å². The minimum Gasteiger partial charge on any atom is -0.355 e. The number of fused-ring (bicyclic) bond motifs is 1. The maximum atomic E-state index is 11.8. The first-order valence-corrected chi connectivity index (χ1v) is 7.23. The van der Waals surface area contributed by atoms with Gasteiger partial charge < -0.3 is 5.32 Å². The molecule has 0 saturated heterocycles. The van der Waals surface area contributed by atoms with Crippen molar-refractivity contribution in [2.75, 3.05) is 7.05 Å². The van der Waals surface area contributed by atoms with Gasteiger partial charge in [0, 0.05) is 13.2 Å². The van der Waals surface area contributed by atoms with E-state index in [0.29, 0.717) is 21.6 Å². The molecule has 0 atom stereocenters. The van der Waals surface area contributed by atoms with Gasteiger partial charge in [0.1, 0.15) is 0 Å². The number of hydrogen-bond acceptors (Lipinski definition) is 3. The molecular weight excluding hydrogens is 300 g/mol. The summed E-state index contributed by atoms with van der Waals surface area (Å²) in [6.07, 6.45) is 1.48. The SMILES string of the molecule is CNC(=O)c1cnc2c(c(C)nn2-c2ccc(C)cc2)c1Cl. The van der Waals surface area contributed by atoms with Gasteiger partial charge in [0.05, 0.1) is 27.4 Å². The first-order valence-electron chi connectivity index (χ1n) is 6.86. The van der Waals surface area contributed by atoms with Gasteiger partial charge in [0.15, 0.2) is 5.65 Å². The molecule has 1 amide bonds. The van der Waals surface area contributed by atoms with Gasteiger partial charge in [0.25, 0.3) is 5.91 Å². The van der Waals surface area contributed by atoms with Crippen LogP contribution in [0.3, 0.4) is 0 Å². The number of nitrogens with one attached hydrogen (secondary N) is 1. The lowest BCUT2D eigenvalue weighted by Crippen LogP contribution is -2.18. The smallest absolute Gasteiger partial charge is 0.254 e. The van der Waals surface area contributed by atoms with Gasteiger partial charge in [0.2, 0.25) is 0 Å². The van der Waals surface area contributed by atoms with Crippen molar-refractivity contribution in [1.29, 1.82) is 0 Å². The van der Waals surface area contributed by atoms with Crippen LogP contribution in [-0.2, 0) is 0 Å². The van der Waals surface area contributed by atoms with Crippen LogP contribution >= 0.6 is 11.6 Å².